The molecule has 0 N–H and O–H groups in total. The molecular formula is C32H48O7P2. The fraction of sp³-hybridized carbons (Fsp3) is 0.531. The van der Waals surface area contributed by atoms with Crippen molar-refractivity contribution in [1.82, 2.24) is 0 Å². The number of esters is 1. The number of unbranched alkanes of at least 4 members (excludes halogenated alkanes) is 3. The molecule has 0 aromatic heterocycles. The number of allylic oxidation sites excluding steroid dienone is 1. The fourth-order valence-corrected chi connectivity index (χ4v) is 7.36. The summed E-state index contributed by atoms with van der Waals surface area (Å²) in [4.78, 5) is 11.2. The molecule has 0 amide bonds. The maximum absolute atomic E-state index is 13.9. The summed E-state index contributed by atoms with van der Waals surface area (Å²) in [7, 11) is -5.32. The first-order valence-corrected chi connectivity index (χ1v) is 18.5. The largest absolute Gasteiger partial charge is 0.466 e. The predicted molar refractivity (Wildman–Crippen MR) is 170 cm³/mol. The van der Waals surface area contributed by atoms with Crippen LogP contribution >= 0.6 is 15.0 Å². The number of hydrogen-bond donors (Lipinski definition) is 0. The van der Waals surface area contributed by atoms with Crippen LogP contribution in [-0.2, 0) is 29.6 Å². The lowest BCUT2D eigenvalue weighted by Crippen LogP contribution is -2.08. The Morgan fingerprint density at radius 2 is 1.56 bits per heavy atom. The van der Waals surface area contributed by atoms with E-state index in [1.807, 2.05) is 44.2 Å². The minimum atomic E-state index is -3.66. The van der Waals surface area contributed by atoms with E-state index >= 15 is 0 Å². The molecule has 2 aromatic rings. The first kappa shape index (κ1) is 34.9. The van der Waals surface area contributed by atoms with Gasteiger partial charge in [-0.2, -0.15) is 0 Å². The van der Waals surface area contributed by atoms with E-state index in [0.29, 0.717) is 29.6 Å². The van der Waals surface area contributed by atoms with Crippen LogP contribution in [0.4, 0.5) is 0 Å². The van der Waals surface area contributed by atoms with Gasteiger partial charge in [-0.25, -0.2) is 4.57 Å². The third-order valence-corrected chi connectivity index (χ3v) is 10.3. The van der Waals surface area contributed by atoms with Crippen molar-refractivity contribution in [2.24, 2.45) is 0 Å². The van der Waals surface area contributed by atoms with E-state index in [0.717, 1.165) is 66.4 Å². The minimum Gasteiger partial charge on any atom is -0.466 e. The third kappa shape index (κ3) is 11.1. The Hall–Kier alpha value is -2.33. The van der Waals surface area contributed by atoms with E-state index in [1.54, 1.807) is 6.66 Å². The van der Waals surface area contributed by atoms with E-state index in [1.165, 1.54) is 14.0 Å². The summed E-state index contributed by atoms with van der Waals surface area (Å²) in [6, 6.07) is 9.86. The molecule has 0 heterocycles. The molecule has 0 fully saturated rings. The average Bonchev–Trinajstić information content (AvgIpc) is 2.89. The lowest BCUT2D eigenvalue weighted by Gasteiger charge is -2.25. The van der Waals surface area contributed by atoms with Crippen LogP contribution < -0.4 is 9.05 Å². The van der Waals surface area contributed by atoms with Gasteiger partial charge in [0.1, 0.15) is 11.5 Å². The van der Waals surface area contributed by atoms with Crippen LogP contribution in [0.2, 0.25) is 0 Å². The molecule has 0 aliphatic rings. The molecule has 2 rings (SSSR count). The molecule has 2 aromatic carbocycles. The van der Waals surface area contributed by atoms with Crippen LogP contribution in [0.3, 0.4) is 0 Å². The summed E-state index contributed by atoms with van der Waals surface area (Å²) < 4.78 is 50.7. The molecule has 0 radical (unpaired) electrons. The molecule has 0 aliphatic carbocycles. The highest BCUT2D eigenvalue weighted by Gasteiger charge is 2.30. The fourth-order valence-electron chi connectivity index (χ4n) is 4.51. The number of carbonyl (C=O) groups excluding carboxylic acids is 1. The number of hydrogen-bond acceptors (Lipinski definition) is 7. The lowest BCUT2D eigenvalue weighted by molar-refractivity contribution is -0.140. The number of ether oxygens (including phenoxy) is 1. The Morgan fingerprint density at radius 1 is 0.902 bits per heavy atom. The van der Waals surface area contributed by atoms with Crippen molar-refractivity contribution in [2.45, 2.75) is 79.6 Å². The van der Waals surface area contributed by atoms with Crippen molar-refractivity contribution in [2.75, 3.05) is 32.7 Å². The van der Waals surface area contributed by atoms with Crippen LogP contribution in [0.1, 0.15) is 82.9 Å². The Morgan fingerprint density at radius 3 is 2.15 bits per heavy atom. The number of benzene rings is 2. The van der Waals surface area contributed by atoms with Crippen molar-refractivity contribution < 1.29 is 32.2 Å². The zero-order chi connectivity index (χ0) is 30.6. The molecule has 9 heteroatoms. The molecule has 0 saturated carbocycles. The van der Waals surface area contributed by atoms with Gasteiger partial charge in [0.25, 0.3) is 0 Å². The second-order valence-electron chi connectivity index (χ2n) is 10.7. The van der Waals surface area contributed by atoms with Gasteiger partial charge in [0, 0.05) is 26.9 Å². The number of aryl methyl sites for hydroxylation is 2. The molecular weight excluding hydrogens is 558 g/mol. The van der Waals surface area contributed by atoms with Crippen LogP contribution in [0.5, 0.6) is 11.5 Å². The van der Waals surface area contributed by atoms with Gasteiger partial charge in [-0.05, 0) is 68.4 Å². The first-order chi connectivity index (χ1) is 19.3. The summed E-state index contributed by atoms with van der Waals surface area (Å²) in [5, 5.41) is 0. The Balaban J connectivity index is 2.78. The average molecular weight is 607 g/mol. The van der Waals surface area contributed by atoms with Gasteiger partial charge in [0.05, 0.1) is 18.3 Å². The second kappa shape index (κ2) is 16.3. The van der Waals surface area contributed by atoms with E-state index < -0.39 is 20.9 Å². The second-order valence-corrected chi connectivity index (χ2v) is 15.6. The van der Waals surface area contributed by atoms with Crippen molar-refractivity contribution in [3.05, 3.63) is 53.6 Å². The molecule has 2 atom stereocenters. The highest BCUT2D eigenvalue weighted by molar-refractivity contribution is 7.58. The van der Waals surface area contributed by atoms with E-state index in [-0.39, 0.29) is 12.8 Å². The molecule has 0 bridgehead atoms. The number of rotatable bonds is 18. The molecule has 0 spiro atoms. The summed E-state index contributed by atoms with van der Waals surface area (Å²) in [5.74, 6) is 0.378. The SMILES string of the molecule is C=C(C)c1ccc(C)cc1-c1c(OP(C)(=O)CCCC)cc(CCCCC)cc1OP(=O)(CCCOC(C)=O)OC. The van der Waals surface area contributed by atoms with Crippen molar-refractivity contribution in [1.29, 1.82) is 0 Å². The monoisotopic (exact) mass is 606 g/mol. The van der Waals surface area contributed by atoms with E-state index in [9.17, 15) is 13.9 Å². The maximum atomic E-state index is 13.9. The first-order valence-electron chi connectivity index (χ1n) is 14.5. The quantitative estimate of drug-likeness (QED) is 0.0948. The molecule has 0 saturated heterocycles. The zero-order valence-electron chi connectivity index (χ0n) is 25.9. The topological polar surface area (TPSA) is 88.1 Å². The van der Waals surface area contributed by atoms with Crippen LogP contribution in [0.25, 0.3) is 16.7 Å². The smallest absolute Gasteiger partial charge is 0.379 e. The van der Waals surface area contributed by atoms with Gasteiger partial charge in [-0.15, -0.1) is 0 Å². The molecule has 0 aliphatic heterocycles. The Bertz CT molecular complexity index is 1290. The van der Waals surface area contributed by atoms with E-state index in [4.69, 9.17) is 18.3 Å². The van der Waals surface area contributed by atoms with Gasteiger partial charge >= 0.3 is 13.6 Å². The van der Waals surface area contributed by atoms with Crippen molar-refractivity contribution >= 4 is 26.5 Å². The summed E-state index contributed by atoms with van der Waals surface area (Å²) in [5.41, 5.74) is 5.03. The van der Waals surface area contributed by atoms with Crippen molar-refractivity contribution in [3.8, 4) is 22.6 Å². The lowest BCUT2D eigenvalue weighted by atomic mass is 9.91. The van der Waals surface area contributed by atoms with Gasteiger partial charge in [0.2, 0.25) is 7.37 Å². The highest BCUT2D eigenvalue weighted by Crippen LogP contribution is 2.55. The maximum Gasteiger partial charge on any atom is 0.379 e. The zero-order valence-corrected chi connectivity index (χ0v) is 27.7. The van der Waals surface area contributed by atoms with Gasteiger partial charge < -0.3 is 18.3 Å². The van der Waals surface area contributed by atoms with E-state index in [2.05, 4.69) is 20.4 Å². The third-order valence-electron chi connectivity index (χ3n) is 6.71. The van der Waals surface area contributed by atoms with Gasteiger partial charge in [0.15, 0.2) is 0 Å². The summed E-state index contributed by atoms with van der Waals surface area (Å²) in [6.45, 7) is 15.4. The van der Waals surface area contributed by atoms with Gasteiger partial charge in [-0.1, -0.05) is 69.0 Å². The minimum absolute atomic E-state index is 0.0520. The van der Waals surface area contributed by atoms with Crippen LogP contribution in [0, 0.1) is 6.92 Å². The molecule has 228 valence electrons. The Labute approximate surface area is 247 Å². The van der Waals surface area contributed by atoms with Crippen LogP contribution in [0.15, 0.2) is 36.9 Å². The predicted octanol–water partition coefficient (Wildman–Crippen LogP) is 9.69. The number of carbonyl (C=O) groups is 1. The van der Waals surface area contributed by atoms with Crippen molar-refractivity contribution in [3.63, 3.8) is 0 Å². The molecule has 41 heavy (non-hydrogen) atoms. The normalized spacial score (nSPS) is 14.1. The standard InChI is InChI=1S/C32H48O7P2/c1-9-11-13-15-27-22-30(38-40(8,34)19-12-10-2)32(29-21-25(5)16-17-28(29)24(3)4)31(23-27)39-41(35,36-7)20-14-18-37-26(6)33/h16-17,21-23H,3,9-15,18-20H2,1-2,4-8H3. The van der Waals surface area contributed by atoms with Crippen LogP contribution in [-0.4, -0.2) is 38.7 Å². The summed E-state index contributed by atoms with van der Waals surface area (Å²) >= 11 is 0. The highest BCUT2D eigenvalue weighted by atomic mass is 31.2. The van der Waals surface area contributed by atoms with Gasteiger partial charge in [-0.3, -0.25) is 9.36 Å². The molecule has 2 unspecified atom stereocenters. The Kier molecular flexibility index (Phi) is 13.9. The summed E-state index contributed by atoms with van der Waals surface area (Å²) in [6.07, 6.45) is 6.34. The molecule has 7 nitrogen and oxygen atoms in total.